The third-order valence-corrected chi connectivity index (χ3v) is 3.01. The smallest absolute Gasteiger partial charge is 0.247 e. The number of imide groups is 1. The maximum absolute atomic E-state index is 11.8. The Kier molecular flexibility index (Phi) is 4.60. The summed E-state index contributed by atoms with van der Waals surface area (Å²) in [5, 5.41) is 3.11. The number of thioether (sulfide) groups is 1. The number of amides is 2. The van der Waals surface area contributed by atoms with Crippen LogP contribution in [0.2, 0.25) is 0 Å². The normalized spacial score (nSPS) is 21.9. The minimum absolute atomic E-state index is 0.0302. The molecular formula is C10H18N2O2S. The van der Waals surface area contributed by atoms with Gasteiger partial charge in [0.05, 0.1) is 12.5 Å². The molecule has 2 amide bonds. The second-order valence-corrected chi connectivity index (χ2v) is 4.88. The largest absolute Gasteiger partial charge is 0.305 e. The molecule has 4 nitrogen and oxygen atoms in total. The Morgan fingerprint density at radius 2 is 2.20 bits per heavy atom. The summed E-state index contributed by atoms with van der Waals surface area (Å²) in [4.78, 5) is 24.7. The first-order valence-electron chi connectivity index (χ1n) is 5.16. The van der Waals surface area contributed by atoms with Crippen LogP contribution in [0.1, 0.15) is 20.3 Å². The third kappa shape index (κ3) is 2.95. The lowest BCUT2D eigenvalue weighted by atomic mass is 10.2. The Morgan fingerprint density at radius 1 is 1.53 bits per heavy atom. The van der Waals surface area contributed by atoms with E-state index in [4.69, 9.17) is 0 Å². The van der Waals surface area contributed by atoms with Crippen molar-refractivity contribution < 1.29 is 9.59 Å². The number of carbonyl (C=O) groups excluding carboxylic acids is 2. The molecule has 1 N–H and O–H groups in total. The molecule has 0 radical (unpaired) electrons. The lowest BCUT2D eigenvalue weighted by Crippen LogP contribution is -2.42. The van der Waals surface area contributed by atoms with E-state index in [1.165, 1.54) is 4.90 Å². The minimum Gasteiger partial charge on any atom is -0.305 e. The average Bonchev–Trinajstić information content (AvgIpc) is 2.42. The van der Waals surface area contributed by atoms with Crippen LogP contribution >= 0.6 is 11.8 Å². The highest BCUT2D eigenvalue weighted by molar-refractivity contribution is 7.98. The standard InChI is InChI=1S/C10H18N2O2S/c1-7(2)12-9(13)6-8(10(12)14)11-4-5-15-3/h7-8,11H,4-6H2,1-3H3. The highest BCUT2D eigenvalue weighted by atomic mass is 32.2. The molecule has 1 unspecified atom stereocenters. The van der Waals surface area contributed by atoms with Crippen molar-refractivity contribution in [3.8, 4) is 0 Å². The Hall–Kier alpha value is -0.550. The van der Waals surface area contributed by atoms with Gasteiger partial charge < -0.3 is 5.32 Å². The summed E-state index contributed by atoms with van der Waals surface area (Å²) in [6.45, 7) is 4.50. The molecule has 1 aliphatic rings. The van der Waals surface area contributed by atoms with E-state index in [0.29, 0.717) is 6.42 Å². The summed E-state index contributed by atoms with van der Waals surface area (Å²) >= 11 is 1.72. The molecule has 86 valence electrons. The van der Waals surface area contributed by atoms with Crippen molar-refractivity contribution in [1.29, 1.82) is 0 Å². The highest BCUT2D eigenvalue weighted by Crippen LogP contribution is 2.15. The van der Waals surface area contributed by atoms with E-state index in [9.17, 15) is 9.59 Å². The zero-order valence-electron chi connectivity index (χ0n) is 9.45. The average molecular weight is 230 g/mol. The fraction of sp³-hybridized carbons (Fsp3) is 0.800. The van der Waals surface area contributed by atoms with Gasteiger partial charge in [-0.2, -0.15) is 11.8 Å². The van der Waals surface area contributed by atoms with Crippen molar-refractivity contribution >= 4 is 23.6 Å². The minimum atomic E-state index is -0.299. The van der Waals surface area contributed by atoms with E-state index in [0.717, 1.165) is 12.3 Å². The molecule has 0 spiro atoms. The fourth-order valence-corrected chi connectivity index (χ4v) is 2.01. The van der Waals surface area contributed by atoms with Crippen molar-refractivity contribution in [2.45, 2.75) is 32.4 Å². The van der Waals surface area contributed by atoms with Gasteiger partial charge in [-0.25, -0.2) is 0 Å². The van der Waals surface area contributed by atoms with E-state index in [2.05, 4.69) is 5.32 Å². The first kappa shape index (κ1) is 12.5. The van der Waals surface area contributed by atoms with E-state index < -0.39 is 0 Å². The van der Waals surface area contributed by atoms with Gasteiger partial charge in [-0.1, -0.05) is 0 Å². The molecule has 0 saturated carbocycles. The second-order valence-electron chi connectivity index (χ2n) is 3.90. The number of hydrogen-bond acceptors (Lipinski definition) is 4. The van der Waals surface area contributed by atoms with Gasteiger partial charge in [0.15, 0.2) is 0 Å². The van der Waals surface area contributed by atoms with Crippen LogP contribution in [-0.2, 0) is 9.59 Å². The molecule has 0 aliphatic carbocycles. The second kappa shape index (κ2) is 5.51. The van der Waals surface area contributed by atoms with E-state index in [1.54, 1.807) is 11.8 Å². The summed E-state index contributed by atoms with van der Waals surface area (Å²) < 4.78 is 0. The number of rotatable bonds is 5. The van der Waals surface area contributed by atoms with Gasteiger partial charge in [0.25, 0.3) is 0 Å². The maximum atomic E-state index is 11.8. The van der Waals surface area contributed by atoms with Crippen molar-refractivity contribution in [1.82, 2.24) is 10.2 Å². The number of hydrogen-bond donors (Lipinski definition) is 1. The Bertz CT molecular complexity index is 256. The predicted molar refractivity (Wildman–Crippen MR) is 61.8 cm³/mol. The summed E-state index contributed by atoms with van der Waals surface area (Å²) in [6, 6.07) is -0.329. The third-order valence-electron chi connectivity index (χ3n) is 2.40. The fourth-order valence-electron chi connectivity index (χ4n) is 1.69. The zero-order chi connectivity index (χ0) is 11.4. The number of nitrogens with one attached hydrogen (secondary N) is 1. The molecular weight excluding hydrogens is 212 g/mol. The quantitative estimate of drug-likeness (QED) is 0.551. The Labute approximate surface area is 94.8 Å². The maximum Gasteiger partial charge on any atom is 0.247 e. The van der Waals surface area contributed by atoms with Crippen LogP contribution in [0.15, 0.2) is 0 Å². The highest BCUT2D eigenvalue weighted by Gasteiger charge is 2.39. The van der Waals surface area contributed by atoms with Crippen LogP contribution in [0, 0.1) is 0 Å². The molecule has 0 bridgehead atoms. The monoisotopic (exact) mass is 230 g/mol. The molecule has 1 heterocycles. The molecule has 1 saturated heterocycles. The van der Waals surface area contributed by atoms with E-state index >= 15 is 0 Å². The molecule has 0 aromatic rings. The first-order chi connectivity index (χ1) is 7.07. The molecule has 1 rings (SSSR count). The predicted octanol–water partition coefficient (Wildman–Crippen LogP) is 0.475. The van der Waals surface area contributed by atoms with Crippen LogP contribution in [0.5, 0.6) is 0 Å². The van der Waals surface area contributed by atoms with Gasteiger partial charge in [-0.3, -0.25) is 14.5 Å². The molecule has 5 heteroatoms. The van der Waals surface area contributed by atoms with Crippen LogP contribution in [0.25, 0.3) is 0 Å². The molecule has 0 aromatic heterocycles. The molecule has 1 aliphatic heterocycles. The Balaban J connectivity index is 2.50. The van der Waals surface area contributed by atoms with Crippen molar-refractivity contribution in [2.24, 2.45) is 0 Å². The van der Waals surface area contributed by atoms with Gasteiger partial charge in [0.1, 0.15) is 0 Å². The number of likely N-dealkylation sites (tertiary alicyclic amines) is 1. The summed E-state index contributed by atoms with van der Waals surface area (Å²) in [7, 11) is 0. The molecule has 15 heavy (non-hydrogen) atoms. The topological polar surface area (TPSA) is 49.4 Å². The molecule has 1 atom stereocenters. The van der Waals surface area contributed by atoms with Gasteiger partial charge in [0.2, 0.25) is 11.8 Å². The van der Waals surface area contributed by atoms with Crippen LogP contribution < -0.4 is 5.32 Å². The van der Waals surface area contributed by atoms with Gasteiger partial charge in [0, 0.05) is 18.3 Å². The molecule has 0 aromatic carbocycles. The first-order valence-corrected chi connectivity index (χ1v) is 6.55. The van der Waals surface area contributed by atoms with Crippen LogP contribution in [0.3, 0.4) is 0 Å². The van der Waals surface area contributed by atoms with Gasteiger partial charge in [-0.15, -0.1) is 0 Å². The zero-order valence-corrected chi connectivity index (χ0v) is 10.3. The lowest BCUT2D eigenvalue weighted by Gasteiger charge is -2.19. The van der Waals surface area contributed by atoms with Crippen LogP contribution in [-0.4, -0.2) is 47.4 Å². The van der Waals surface area contributed by atoms with Gasteiger partial charge in [-0.05, 0) is 20.1 Å². The van der Waals surface area contributed by atoms with Crippen molar-refractivity contribution in [2.75, 3.05) is 18.6 Å². The van der Waals surface area contributed by atoms with Crippen molar-refractivity contribution in [3.63, 3.8) is 0 Å². The van der Waals surface area contributed by atoms with Crippen molar-refractivity contribution in [3.05, 3.63) is 0 Å². The van der Waals surface area contributed by atoms with Crippen LogP contribution in [0.4, 0.5) is 0 Å². The van der Waals surface area contributed by atoms with E-state index in [1.807, 2.05) is 20.1 Å². The lowest BCUT2D eigenvalue weighted by molar-refractivity contribution is -0.140. The van der Waals surface area contributed by atoms with E-state index in [-0.39, 0.29) is 23.9 Å². The molecule has 1 fully saturated rings. The number of nitrogens with zero attached hydrogens (tertiary/aromatic N) is 1. The SMILES string of the molecule is CSCCNC1CC(=O)N(C(C)C)C1=O. The Morgan fingerprint density at radius 3 is 2.67 bits per heavy atom. The summed E-state index contributed by atoms with van der Waals surface area (Å²) in [5.41, 5.74) is 0. The summed E-state index contributed by atoms with van der Waals surface area (Å²) in [5.74, 6) is 0.826. The van der Waals surface area contributed by atoms with Gasteiger partial charge >= 0.3 is 0 Å². The number of carbonyl (C=O) groups is 2. The summed E-state index contributed by atoms with van der Waals surface area (Å²) in [6.07, 6.45) is 2.33.